The molecule has 4 aliphatic carbocycles. The highest BCUT2D eigenvalue weighted by molar-refractivity contribution is 6.26. The summed E-state index contributed by atoms with van der Waals surface area (Å²) in [5.41, 5.74) is -2.52. The molecule has 0 radical (unpaired) electrons. The van der Waals surface area contributed by atoms with Gasteiger partial charge in [0.05, 0.1) is 11.0 Å². The van der Waals surface area contributed by atoms with Crippen LogP contribution in [0.1, 0.15) is 53.4 Å². The van der Waals surface area contributed by atoms with Gasteiger partial charge in [0.25, 0.3) is 0 Å². The number of rotatable bonds is 4. The van der Waals surface area contributed by atoms with Crippen LogP contribution in [0.4, 0.5) is 0 Å². The number of Topliss-reactive ketones (excluding diaryl/α,β-unsaturated/α-hetero) is 1. The van der Waals surface area contributed by atoms with Crippen LogP contribution in [0, 0.1) is 28.6 Å². The highest BCUT2D eigenvalue weighted by Gasteiger charge is 2.76. The monoisotopic (exact) mass is 480 g/mol. The van der Waals surface area contributed by atoms with E-state index in [4.69, 9.17) is 16.3 Å². The molecule has 4 aliphatic rings. The van der Waals surface area contributed by atoms with E-state index in [0.717, 1.165) is 5.57 Å². The van der Waals surface area contributed by atoms with E-state index in [1.165, 1.54) is 13.0 Å². The number of carbonyl (C=O) groups excluding carboxylic acids is 3. The van der Waals surface area contributed by atoms with E-state index in [1.54, 1.807) is 12.2 Å². The van der Waals surface area contributed by atoms with Gasteiger partial charge in [-0.1, -0.05) is 32.4 Å². The molecule has 3 N–H and O–H groups in total. The van der Waals surface area contributed by atoms with Crippen LogP contribution >= 0.6 is 11.6 Å². The molecular formula is C25H33ClO7. The quantitative estimate of drug-likeness (QED) is 0.416. The van der Waals surface area contributed by atoms with Crippen LogP contribution in [-0.2, 0) is 19.1 Å². The van der Waals surface area contributed by atoms with Gasteiger partial charge in [0.2, 0.25) is 5.78 Å². The van der Waals surface area contributed by atoms with Crippen molar-refractivity contribution >= 4 is 29.1 Å². The molecule has 0 bridgehead atoms. The summed E-state index contributed by atoms with van der Waals surface area (Å²) in [7, 11) is 0. The van der Waals surface area contributed by atoms with Crippen molar-refractivity contribution in [1.29, 1.82) is 0 Å². The molecule has 0 aliphatic heterocycles. The van der Waals surface area contributed by atoms with Gasteiger partial charge in [-0.05, 0) is 56.6 Å². The molecule has 0 aromatic rings. The number of hydrogen-bond acceptors (Lipinski definition) is 7. The maximum atomic E-state index is 13.3. The van der Waals surface area contributed by atoms with Crippen molar-refractivity contribution in [2.24, 2.45) is 28.6 Å². The molecule has 4 rings (SSSR count). The van der Waals surface area contributed by atoms with E-state index in [2.05, 4.69) is 0 Å². The third kappa shape index (κ3) is 2.95. The molecule has 0 amide bonds. The number of esters is 1. The van der Waals surface area contributed by atoms with Gasteiger partial charge in [0.15, 0.2) is 11.4 Å². The van der Waals surface area contributed by atoms with Crippen molar-refractivity contribution in [3.05, 3.63) is 23.8 Å². The normalized spacial score (nSPS) is 47.2. The van der Waals surface area contributed by atoms with Crippen molar-refractivity contribution in [2.75, 3.05) is 6.61 Å². The molecule has 33 heavy (non-hydrogen) atoms. The van der Waals surface area contributed by atoms with Crippen LogP contribution in [0.25, 0.3) is 0 Å². The number of carbonyl (C=O) groups is 3. The topological polar surface area (TPSA) is 121 Å². The second-order valence-corrected chi connectivity index (χ2v) is 11.4. The highest BCUT2D eigenvalue weighted by atomic mass is 35.5. The Labute approximate surface area is 198 Å². The van der Waals surface area contributed by atoms with Crippen molar-refractivity contribution in [3.63, 3.8) is 0 Å². The number of ketones is 2. The maximum Gasteiger partial charge on any atom is 0.335 e. The van der Waals surface area contributed by atoms with Gasteiger partial charge in [0.1, 0.15) is 12.7 Å². The molecule has 0 aromatic heterocycles. The Morgan fingerprint density at radius 3 is 2.58 bits per heavy atom. The second kappa shape index (κ2) is 7.74. The minimum Gasteiger partial charge on any atom is -0.448 e. The fraction of sp³-hybridized carbons (Fsp3) is 0.720. The predicted octanol–water partition coefficient (Wildman–Crippen LogP) is 2.10. The smallest absolute Gasteiger partial charge is 0.335 e. The second-order valence-electron chi connectivity index (χ2n) is 10.8. The third-order valence-electron chi connectivity index (χ3n) is 9.34. The molecule has 7 nitrogen and oxygen atoms in total. The van der Waals surface area contributed by atoms with Crippen LogP contribution in [0.3, 0.4) is 0 Å². The Kier molecular flexibility index (Phi) is 5.76. The lowest BCUT2D eigenvalue weighted by Crippen LogP contribution is -2.69. The largest absolute Gasteiger partial charge is 0.448 e. The molecule has 3 fully saturated rings. The molecule has 182 valence electrons. The molecule has 8 heteroatoms. The summed E-state index contributed by atoms with van der Waals surface area (Å²) < 4.78 is 5.78. The number of alkyl halides is 1. The molecule has 0 spiro atoms. The van der Waals surface area contributed by atoms with Crippen molar-refractivity contribution < 1.29 is 34.4 Å². The van der Waals surface area contributed by atoms with Crippen molar-refractivity contribution in [1.82, 2.24) is 0 Å². The summed E-state index contributed by atoms with van der Waals surface area (Å²) in [5.74, 6) is -2.52. The maximum absolute atomic E-state index is 13.3. The lowest BCUT2D eigenvalue weighted by molar-refractivity contribution is -0.207. The molecular weight excluding hydrogens is 448 g/mol. The predicted molar refractivity (Wildman–Crippen MR) is 120 cm³/mol. The minimum atomic E-state index is -1.69. The zero-order valence-electron chi connectivity index (χ0n) is 19.5. The Hall–Kier alpha value is -1.54. The van der Waals surface area contributed by atoms with Crippen LogP contribution in [0.15, 0.2) is 23.8 Å². The van der Waals surface area contributed by atoms with Crippen LogP contribution in [0.5, 0.6) is 0 Å². The lowest BCUT2D eigenvalue weighted by atomic mass is 9.45. The first-order chi connectivity index (χ1) is 15.3. The van der Waals surface area contributed by atoms with Crippen molar-refractivity contribution in [2.45, 2.75) is 76.1 Å². The van der Waals surface area contributed by atoms with Crippen LogP contribution < -0.4 is 0 Å². The number of aliphatic hydroxyl groups is 3. The van der Waals surface area contributed by atoms with E-state index in [-0.39, 0.29) is 24.0 Å². The van der Waals surface area contributed by atoms with Gasteiger partial charge in [0, 0.05) is 16.7 Å². The summed E-state index contributed by atoms with van der Waals surface area (Å²) in [6.07, 6.45) is 4.24. The molecule has 0 saturated heterocycles. The highest BCUT2D eigenvalue weighted by Crippen LogP contribution is 2.72. The summed E-state index contributed by atoms with van der Waals surface area (Å²) >= 11 is 7.39. The minimum absolute atomic E-state index is 0.0749. The molecule has 0 aromatic carbocycles. The zero-order valence-corrected chi connectivity index (χ0v) is 20.3. The number of ether oxygens (including phenoxy) is 1. The van der Waals surface area contributed by atoms with Gasteiger partial charge < -0.3 is 20.1 Å². The molecule has 3 saturated carbocycles. The summed E-state index contributed by atoms with van der Waals surface area (Å²) in [6, 6.07) is 0. The van der Waals surface area contributed by atoms with E-state index in [1.807, 2.05) is 20.8 Å². The Balaban J connectivity index is 1.85. The SMILES string of the molecule is CC(O)C(=O)O[C@]1(C(=O)CO)[C@@H](C)C[C@H]2[C@@H]3CCC4=CC(=O)C=C[C@]4(C)[C@@]3(Cl)[C@@H](O)C[C@@]21C. The Morgan fingerprint density at radius 1 is 1.30 bits per heavy atom. The van der Waals surface area contributed by atoms with Gasteiger partial charge in [-0.15, -0.1) is 11.6 Å². The standard InChI is InChI=1S/C25H33ClO7/c1-13-9-18-17-6-5-15-10-16(29)7-8-22(15,3)24(17,26)19(30)11-23(18,4)25(13,20(31)12-27)33-21(32)14(2)28/h7-8,10,13-14,17-19,27-28,30H,5-6,9,11-12H2,1-4H3/t13-,14?,17-,18-,19-,22-,23-,24-,25-/m0/s1. The first kappa shape index (κ1) is 24.6. The average Bonchev–Trinajstić information content (AvgIpc) is 2.96. The molecule has 0 heterocycles. The molecule has 9 atom stereocenters. The van der Waals surface area contributed by atoms with E-state index >= 15 is 0 Å². The third-order valence-corrected chi connectivity index (χ3v) is 10.3. The Bertz CT molecular complexity index is 956. The number of hydrogen-bond donors (Lipinski definition) is 3. The van der Waals surface area contributed by atoms with Crippen molar-refractivity contribution in [3.8, 4) is 0 Å². The van der Waals surface area contributed by atoms with Crippen LogP contribution in [0.2, 0.25) is 0 Å². The summed E-state index contributed by atoms with van der Waals surface area (Å²) in [6.45, 7) is 6.04. The number of halogens is 1. The number of fused-ring (bicyclic) bond motifs is 5. The van der Waals surface area contributed by atoms with Gasteiger partial charge >= 0.3 is 5.97 Å². The average molecular weight is 481 g/mol. The van der Waals surface area contributed by atoms with E-state index in [9.17, 15) is 29.7 Å². The lowest BCUT2D eigenvalue weighted by Gasteiger charge is -2.64. The van der Waals surface area contributed by atoms with Crippen LogP contribution in [-0.4, -0.2) is 62.1 Å². The van der Waals surface area contributed by atoms with Gasteiger partial charge in [-0.2, -0.15) is 0 Å². The van der Waals surface area contributed by atoms with Gasteiger partial charge in [-0.25, -0.2) is 4.79 Å². The van der Waals surface area contributed by atoms with E-state index < -0.39 is 57.8 Å². The van der Waals surface area contributed by atoms with E-state index in [0.29, 0.717) is 19.3 Å². The fourth-order valence-electron chi connectivity index (χ4n) is 7.76. The zero-order chi connectivity index (χ0) is 24.6. The molecule has 1 unspecified atom stereocenters. The first-order valence-electron chi connectivity index (χ1n) is 11.7. The van der Waals surface area contributed by atoms with Gasteiger partial charge in [-0.3, -0.25) is 9.59 Å². The fourth-order valence-corrected chi connectivity index (χ4v) is 8.28. The summed E-state index contributed by atoms with van der Waals surface area (Å²) in [4.78, 5) is 36.7. The number of allylic oxidation sites excluding steroid dienone is 4. The summed E-state index contributed by atoms with van der Waals surface area (Å²) in [5, 5.41) is 31.3. The number of aliphatic hydroxyl groups excluding tert-OH is 3. The first-order valence-corrected chi connectivity index (χ1v) is 12.0. The Morgan fingerprint density at radius 2 is 1.97 bits per heavy atom.